The van der Waals surface area contributed by atoms with Gasteiger partial charge in [-0.1, -0.05) is 0 Å². The number of likely N-dealkylation sites (N-methyl/N-ethyl adjacent to an activating group) is 1. The highest BCUT2D eigenvalue weighted by molar-refractivity contribution is 6.21. The van der Waals surface area contributed by atoms with Crippen molar-refractivity contribution in [3.05, 3.63) is 12.3 Å². The highest BCUT2D eigenvalue weighted by Gasteiger charge is 2.36. The van der Waals surface area contributed by atoms with Gasteiger partial charge >= 0.3 is 0 Å². The molecule has 0 aromatic heterocycles. The van der Waals surface area contributed by atoms with Crippen molar-refractivity contribution in [1.29, 1.82) is 0 Å². The minimum atomic E-state index is -0.660. The fourth-order valence-electron chi connectivity index (χ4n) is 1.50. The van der Waals surface area contributed by atoms with Gasteiger partial charge in [0.05, 0.1) is 18.1 Å². The fraction of sp³-hybridized carbons (Fsp3) is 0.600. The van der Waals surface area contributed by atoms with E-state index < -0.39 is 11.6 Å². The Balaban J connectivity index is 2.65. The van der Waals surface area contributed by atoms with Gasteiger partial charge in [0.1, 0.15) is 0 Å². The predicted molar refractivity (Wildman–Crippen MR) is 61.1 cm³/mol. The predicted octanol–water partition coefficient (Wildman–Crippen LogP) is -0.581. The lowest BCUT2D eigenvalue weighted by Crippen LogP contribution is -2.35. The molecular formula is C10H15ClN2O4. The number of carbonyl (C=O) groups is 2. The maximum Gasteiger partial charge on any atom is 0.245 e. The molecule has 0 radical (unpaired) electrons. The summed E-state index contributed by atoms with van der Waals surface area (Å²) in [4.78, 5) is 23.0. The molecule has 0 aromatic carbocycles. The molecule has 2 N–H and O–H groups in total. The van der Waals surface area contributed by atoms with Gasteiger partial charge in [0.25, 0.3) is 0 Å². The van der Waals surface area contributed by atoms with E-state index in [0.29, 0.717) is 12.8 Å². The van der Waals surface area contributed by atoms with E-state index in [2.05, 4.69) is 5.32 Å². The Labute approximate surface area is 104 Å². The Morgan fingerprint density at radius 2 is 2.41 bits per heavy atom. The van der Waals surface area contributed by atoms with E-state index in [-0.39, 0.29) is 18.6 Å². The van der Waals surface area contributed by atoms with Crippen LogP contribution in [0.3, 0.4) is 0 Å². The number of nitrogens with zero attached hydrogens (tertiary/aromatic N) is 1. The number of aliphatic hydroxyl groups is 1. The number of amides is 2. The molecule has 1 saturated heterocycles. The summed E-state index contributed by atoms with van der Waals surface area (Å²) >= 11 is 6.00. The average molecular weight is 263 g/mol. The molecule has 0 spiro atoms. The first kappa shape index (κ1) is 14.0. The molecule has 1 fully saturated rings. The summed E-state index contributed by atoms with van der Waals surface area (Å²) in [6.07, 6.45) is 2.45. The number of hydrogen-bond acceptors (Lipinski definition) is 4. The SMILES string of the molecule is CNC(=O)/C=C\N(C=O)C1OC(CO)CC1Cl. The molecule has 0 saturated carbocycles. The standard InChI is InChI=1S/C10H15ClN2O4/c1-12-9(16)2-3-13(6-15)10-8(11)4-7(5-14)17-10/h2-3,6-8,10,14H,4-5H2,1H3,(H,12,16)/b3-2-. The molecule has 6 nitrogen and oxygen atoms in total. The summed E-state index contributed by atoms with van der Waals surface area (Å²) in [7, 11) is 1.48. The molecule has 3 unspecified atom stereocenters. The second-order valence-electron chi connectivity index (χ2n) is 3.57. The second kappa shape index (κ2) is 6.58. The third-order valence-electron chi connectivity index (χ3n) is 2.39. The summed E-state index contributed by atoms with van der Waals surface area (Å²) in [6.45, 7) is -0.147. The maximum atomic E-state index is 11.0. The van der Waals surface area contributed by atoms with Crippen LogP contribution in [0, 0.1) is 0 Å². The molecule has 2 amide bonds. The van der Waals surface area contributed by atoms with Crippen LogP contribution in [0.5, 0.6) is 0 Å². The number of hydrogen-bond donors (Lipinski definition) is 2. The molecule has 1 aliphatic rings. The van der Waals surface area contributed by atoms with Gasteiger partial charge in [-0.05, 0) is 6.42 Å². The number of carbonyl (C=O) groups excluding carboxylic acids is 2. The van der Waals surface area contributed by atoms with Crippen molar-refractivity contribution in [1.82, 2.24) is 10.2 Å². The van der Waals surface area contributed by atoms with E-state index >= 15 is 0 Å². The third kappa shape index (κ3) is 3.69. The van der Waals surface area contributed by atoms with Gasteiger partial charge in [0.2, 0.25) is 12.3 Å². The zero-order chi connectivity index (χ0) is 12.8. The summed E-state index contributed by atoms with van der Waals surface area (Å²) in [5.41, 5.74) is 0. The lowest BCUT2D eigenvalue weighted by molar-refractivity contribution is -0.127. The summed E-state index contributed by atoms with van der Waals surface area (Å²) in [5.74, 6) is -0.334. The van der Waals surface area contributed by atoms with Gasteiger partial charge < -0.3 is 15.2 Å². The van der Waals surface area contributed by atoms with Gasteiger partial charge in [-0.2, -0.15) is 0 Å². The van der Waals surface area contributed by atoms with Crippen LogP contribution in [0.25, 0.3) is 0 Å². The highest BCUT2D eigenvalue weighted by Crippen LogP contribution is 2.27. The first-order chi connectivity index (χ1) is 8.12. The Morgan fingerprint density at radius 1 is 1.71 bits per heavy atom. The number of halogens is 1. The lowest BCUT2D eigenvalue weighted by atomic mass is 10.2. The molecule has 0 aromatic rings. The Kier molecular flexibility index (Phi) is 5.40. The van der Waals surface area contributed by atoms with Crippen molar-refractivity contribution in [2.24, 2.45) is 0 Å². The molecule has 1 rings (SSSR count). The van der Waals surface area contributed by atoms with Crippen LogP contribution < -0.4 is 5.32 Å². The van der Waals surface area contributed by atoms with Gasteiger partial charge in [-0.15, -0.1) is 11.6 Å². The number of ether oxygens (including phenoxy) is 1. The molecule has 7 heteroatoms. The topological polar surface area (TPSA) is 78.9 Å². The van der Waals surface area contributed by atoms with E-state index in [4.69, 9.17) is 21.4 Å². The number of aliphatic hydroxyl groups excluding tert-OH is 1. The van der Waals surface area contributed by atoms with Crippen LogP contribution in [0.1, 0.15) is 6.42 Å². The highest BCUT2D eigenvalue weighted by atomic mass is 35.5. The van der Waals surface area contributed by atoms with Crippen molar-refractivity contribution in [3.8, 4) is 0 Å². The van der Waals surface area contributed by atoms with E-state index in [9.17, 15) is 9.59 Å². The van der Waals surface area contributed by atoms with Crippen LogP contribution in [-0.4, -0.2) is 53.7 Å². The van der Waals surface area contributed by atoms with Crippen molar-refractivity contribution in [2.75, 3.05) is 13.7 Å². The first-order valence-electron chi connectivity index (χ1n) is 5.15. The average Bonchev–Trinajstić information content (AvgIpc) is 2.71. The second-order valence-corrected chi connectivity index (χ2v) is 4.13. The fourth-order valence-corrected chi connectivity index (χ4v) is 1.89. The van der Waals surface area contributed by atoms with Gasteiger partial charge in [0.15, 0.2) is 6.23 Å². The third-order valence-corrected chi connectivity index (χ3v) is 2.79. The zero-order valence-electron chi connectivity index (χ0n) is 9.38. The summed E-state index contributed by atoms with van der Waals surface area (Å²) < 4.78 is 5.37. The van der Waals surface area contributed by atoms with E-state index in [0.717, 1.165) is 0 Å². The largest absolute Gasteiger partial charge is 0.394 e. The molecule has 3 atom stereocenters. The Bertz CT molecular complexity index is 311. The van der Waals surface area contributed by atoms with Crippen LogP contribution >= 0.6 is 11.6 Å². The van der Waals surface area contributed by atoms with E-state index in [1.807, 2.05) is 0 Å². The van der Waals surface area contributed by atoms with Crippen LogP contribution in [-0.2, 0) is 14.3 Å². The van der Waals surface area contributed by atoms with Gasteiger partial charge in [-0.25, -0.2) is 0 Å². The van der Waals surface area contributed by atoms with Gasteiger partial charge in [-0.3, -0.25) is 14.5 Å². The molecule has 1 aliphatic heterocycles. The molecular weight excluding hydrogens is 248 g/mol. The minimum Gasteiger partial charge on any atom is -0.394 e. The van der Waals surface area contributed by atoms with Crippen LogP contribution in [0.15, 0.2) is 12.3 Å². The molecule has 96 valence electrons. The Morgan fingerprint density at radius 3 is 2.88 bits per heavy atom. The van der Waals surface area contributed by atoms with Crippen molar-refractivity contribution < 1.29 is 19.4 Å². The van der Waals surface area contributed by atoms with E-state index in [1.54, 1.807) is 0 Å². The van der Waals surface area contributed by atoms with Crippen molar-refractivity contribution >= 4 is 23.9 Å². The number of nitrogens with one attached hydrogen (secondary N) is 1. The first-order valence-corrected chi connectivity index (χ1v) is 5.59. The molecule has 17 heavy (non-hydrogen) atoms. The molecule has 0 aliphatic carbocycles. The van der Waals surface area contributed by atoms with Crippen molar-refractivity contribution in [2.45, 2.75) is 24.1 Å². The number of alkyl halides is 1. The normalized spacial score (nSPS) is 28.3. The Hall–Kier alpha value is -1.11. The molecule has 1 heterocycles. The van der Waals surface area contributed by atoms with Crippen LogP contribution in [0.2, 0.25) is 0 Å². The zero-order valence-corrected chi connectivity index (χ0v) is 10.1. The molecule has 0 bridgehead atoms. The van der Waals surface area contributed by atoms with Gasteiger partial charge in [0, 0.05) is 19.3 Å². The van der Waals surface area contributed by atoms with Crippen molar-refractivity contribution in [3.63, 3.8) is 0 Å². The quantitative estimate of drug-likeness (QED) is 0.395. The van der Waals surface area contributed by atoms with E-state index in [1.165, 1.54) is 24.2 Å². The lowest BCUT2D eigenvalue weighted by Gasteiger charge is -2.22. The smallest absolute Gasteiger partial charge is 0.245 e. The number of rotatable bonds is 5. The minimum absolute atomic E-state index is 0.147. The monoisotopic (exact) mass is 262 g/mol. The summed E-state index contributed by atoms with van der Waals surface area (Å²) in [6, 6.07) is 0. The van der Waals surface area contributed by atoms with Crippen LogP contribution in [0.4, 0.5) is 0 Å². The maximum absolute atomic E-state index is 11.0. The summed E-state index contributed by atoms with van der Waals surface area (Å²) in [5, 5.41) is 10.9.